The molecule has 7 nitrogen and oxygen atoms in total. The molecular formula is C40H55FN4O3. The molecule has 5 rings (SSSR count). The van der Waals surface area contributed by atoms with Gasteiger partial charge in [0.05, 0.1) is 23.1 Å². The van der Waals surface area contributed by atoms with E-state index < -0.39 is 17.7 Å². The van der Waals surface area contributed by atoms with Crippen molar-refractivity contribution in [3.63, 3.8) is 0 Å². The number of halogens is 1. The minimum atomic E-state index is -0.948. The van der Waals surface area contributed by atoms with Crippen molar-refractivity contribution in [1.29, 1.82) is 0 Å². The monoisotopic (exact) mass is 658 g/mol. The van der Waals surface area contributed by atoms with Gasteiger partial charge in [-0.1, -0.05) is 38.1 Å². The summed E-state index contributed by atoms with van der Waals surface area (Å²) in [4.78, 5) is 23.8. The number of aryl methyl sites for hydroxylation is 2. The fourth-order valence-corrected chi connectivity index (χ4v) is 7.04. The molecule has 0 aliphatic carbocycles. The van der Waals surface area contributed by atoms with Crippen molar-refractivity contribution in [1.82, 2.24) is 9.88 Å². The molecule has 0 saturated carbocycles. The number of carbonyl (C=O) groups excluding carboxylic acids is 1. The number of hydrogen-bond acceptors (Lipinski definition) is 7. The maximum Gasteiger partial charge on any atom is 0.340 e. The van der Waals surface area contributed by atoms with E-state index in [4.69, 9.17) is 20.2 Å². The fourth-order valence-electron chi connectivity index (χ4n) is 7.04. The molecule has 0 amide bonds. The molecule has 2 aliphatic heterocycles. The van der Waals surface area contributed by atoms with Crippen molar-refractivity contribution in [2.75, 3.05) is 24.5 Å². The number of nitrogens with zero attached hydrogens (tertiary/aromatic N) is 3. The fraction of sp³-hybridized carbons (Fsp3) is 0.550. The molecule has 1 aromatic heterocycles. The number of benzene rings is 2. The van der Waals surface area contributed by atoms with Crippen LogP contribution in [0.2, 0.25) is 0 Å². The van der Waals surface area contributed by atoms with Gasteiger partial charge in [0.2, 0.25) is 0 Å². The Kier molecular flexibility index (Phi) is 10.7. The van der Waals surface area contributed by atoms with Gasteiger partial charge >= 0.3 is 5.97 Å². The zero-order valence-electron chi connectivity index (χ0n) is 30.5. The second-order valence-corrected chi connectivity index (χ2v) is 15.7. The van der Waals surface area contributed by atoms with E-state index in [2.05, 4.69) is 41.8 Å². The van der Waals surface area contributed by atoms with Crippen LogP contribution >= 0.6 is 0 Å². The summed E-state index contributed by atoms with van der Waals surface area (Å²) in [6, 6.07) is 11.8. The first-order valence-corrected chi connectivity index (χ1v) is 17.5. The number of esters is 1. The number of fused-ring (bicyclic) bond motifs is 1. The predicted molar refractivity (Wildman–Crippen MR) is 191 cm³/mol. The summed E-state index contributed by atoms with van der Waals surface area (Å²) in [5, 5.41) is 0. The first-order valence-electron chi connectivity index (χ1n) is 17.5. The number of aromatic nitrogens is 1. The van der Waals surface area contributed by atoms with Crippen LogP contribution in [-0.4, -0.2) is 47.2 Å². The normalized spacial score (nSPS) is 17.4. The average Bonchev–Trinajstić information content (AvgIpc) is 3.00. The van der Waals surface area contributed by atoms with E-state index in [1.165, 1.54) is 11.1 Å². The Morgan fingerprint density at radius 1 is 1.04 bits per heavy atom. The number of hydrogen-bond donors (Lipinski definition) is 1. The lowest BCUT2D eigenvalue weighted by Crippen LogP contribution is -2.40. The second-order valence-electron chi connectivity index (χ2n) is 15.7. The molecule has 1 fully saturated rings. The van der Waals surface area contributed by atoms with Crippen LogP contribution in [0, 0.1) is 25.1 Å². The molecule has 0 spiro atoms. The quantitative estimate of drug-likeness (QED) is 0.234. The molecule has 0 radical (unpaired) electrons. The van der Waals surface area contributed by atoms with Gasteiger partial charge in [-0.25, -0.2) is 9.18 Å². The first kappa shape index (κ1) is 36.0. The summed E-state index contributed by atoms with van der Waals surface area (Å²) < 4.78 is 26.1. The lowest BCUT2D eigenvalue weighted by Gasteiger charge is -2.41. The maximum atomic E-state index is 13.9. The van der Waals surface area contributed by atoms with Crippen molar-refractivity contribution in [3.05, 3.63) is 81.4 Å². The summed E-state index contributed by atoms with van der Waals surface area (Å²) in [5.41, 5.74) is 16.1. The van der Waals surface area contributed by atoms with Crippen LogP contribution in [0.25, 0.3) is 11.1 Å². The second kappa shape index (κ2) is 14.3. The van der Waals surface area contributed by atoms with Crippen molar-refractivity contribution in [2.24, 2.45) is 11.1 Å². The SMILES string of the molecule is Cc1cc(F)ccc1CN1CCc2cc(-c3c(CN)nc(C)c(C(OC(C)(C)C)C(=O)OC(C)C)c3N3CCC(C)(C)CC3)ccc2C1. The average molecular weight is 659 g/mol. The van der Waals surface area contributed by atoms with Crippen LogP contribution in [0.4, 0.5) is 10.1 Å². The van der Waals surface area contributed by atoms with Gasteiger partial charge in [-0.2, -0.15) is 0 Å². The standard InChI is InChI=1S/C40H55FN4O3/c1-25(2)47-38(46)37(48-39(5,6)7)34-27(4)43-33(22-42)35(36(34)45-18-15-40(8,9)16-19-45)29-10-11-31-24-44(17-14-28(31)21-29)23-30-12-13-32(41)20-26(30)3/h10-13,20-21,25,37H,14-19,22-24,42H2,1-9H3. The highest BCUT2D eigenvalue weighted by Crippen LogP contribution is 2.46. The molecular weight excluding hydrogens is 603 g/mol. The Bertz CT molecular complexity index is 1630. The number of carbonyl (C=O) groups is 1. The summed E-state index contributed by atoms with van der Waals surface area (Å²) in [6.07, 6.45) is 1.72. The molecule has 0 bridgehead atoms. The number of pyridine rings is 1. The summed E-state index contributed by atoms with van der Waals surface area (Å²) >= 11 is 0. The van der Waals surface area contributed by atoms with Crippen LogP contribution in [0.5, 0.6) is 0 Å². The molecule has 8 heteroatoms. The first-order chi connectivity index (χ1) is 22.5. The van der Waals surface area contributed by atoms with Crippen molar-refractivity contribution >= 4 is 11.7 Å². The highest BCUT2D eigenvalue weighted by atomic mass is 19.1. The Morgan fingerprint density at radius 2 is 1.75 bits per heavy atom. The van der Waals surface area contributed by atoms with Gasteiger partial charge in [0, 0.05) is 56.1 Å². The molecule has 48 heavy (non-hydrogen) atoms. The number of anilines is 1. The summed E-state index contributed by atoms with van der Waals surface area (Å²) in [5.74, 6) is -0.601. The highest BCUT2D eigenvalue weighted by Gasteiger charge is 2.38. The third-order valence-electron chi connectivity index (χ3n) is 9.68. The molecule has 2 aromatic carbocycles. The lowest BCUT2D eigenvalue weighted by molar-refractivity contribution is -0.171. The minimum Gasteiger partial charge on any atom is -0.461 e. The Hall–Kier alpha value is -3.33. The summed E-state index contributed by atoms with van der Waals surface area (Å²) in [7, 11) is 0. The van der Waals surface area contributed by atoms with E-state index in [-0.39, 0.29) is 23.9 Å². The molecule has 3 heterocycles. The van der Waals surface area contributed by atoms with Crippen LogP contribution in [0.3, 0.4) is 0 Å². The molecule has 1 atom stereocenters. The van der Waals surface area contributed by atoms with E-state index in [0.717, 1.165) is 96.9 Å². The lowest BCUT2D eigenvalue weighted by atomic mass is 9.81. The third kappa shape index (κ3) is 8.27. The molecule has 1 unspecified atom stereocenters. The van der Waals surface area contributed by atoms with Gasteiger partial charge in [-0.3, -0.25) is 9.88 Å². The number of ether oxygens (including phenoxy) is 2. The molecule has 260 valence electrons. The number of nitrogens with two attached hydrogens (primary N) is 1. The van der Waals surface area contributed by atoms with Crippen LogP contribution < -0.4 is 10.6 Å². The predicted octanol–water partition coefficient (Wildman–Crippen LogP) is 7.96. The van der Waals surface area contributed by atoms with Gasteiger partial charge in [0.25, 0.3) is 0 Å². The Labute approximate surface area is 287 Å². The van der Waals surface area contributed by atoms with Crippen molar-refractivity contribution in [2.45, 2.75) is 119 Å². The van der Waals surface area contributed by atoms with E-state index in [9.17, 15) is 9.18 Å². The largest absolute Gasteiger partial charge is 0.461 e. The maximum absolute atomic E-state index is 13.9. The minimum absolute atomic E-state index is 0.195. The van der Waals surface area contributed by atoms with E-state index in [0.29, 0.717) is 0 Å². The highest BCUT2D eigenvalue weighted by molar-refractivity contribution is 5.89. The molecule has 3 aromatic rings. The Morgan fingerprint density at radius 3 is 2.38 bits per heavy atom. The van der Waals surface area contributed by atoms with Gasteiger partial charge in [0.15, 0.2) is 6.10 Å². The van der Waals surface area contributed by atoms with Gasteiger partial charge in [-0.05, 0) is 113 Å². The Balaban J connectivity index is 1.61. The number of piperidine rings is 1. The smallest absolute Gasteiger partial charge is 0.340 e. The van der Waals surface area contributed by atoms with E-state index >= 15 is 0 Å². The van der Waals surface area contributed by atoms with Gasteiger partial charge in [0.1, 0.15) is 5.82 Å². The molecule has 2 aliphatic rings. The van der Waals surface area contributed by atoms with Crippen molar-refractivity contribution < 1.29 is 18.7 Å². The zero-order chi connectivity index (χ0) is 35.0. The van der Waals surface area contributed by atoms with Gasteiger partial charge in [-0.15, -0.1) is 0 Å². The van der Waals surface area contributed by atoms with Gasteiger partial charge < -0.3 is 20.1 Å². The third-order valence-corrected chi connectivity index (χ3v) is 9.68. The van der Waals surface area contributed by atoms with E-state index in [1.54, 1.807) is 12.1 Å². The zero-order valence-corrected chi connectivity index (χ0v) is 30.5. The molecule has 2 N–H and O–H groups in total. The number of rotatable bonds is 9. The van der Waals surface area contributed by atoms with Crippen LogP contribution in [-0.2, 0) is 40.3 Å². The topological polar surface area (TPSA) is 80.9 Å². The van der Waals surface area contributed by atoms with Crippen LogP contribution in [0.15, 0.2) is 36.4 Å². The summed E-state index contributed by atoms with van der Waals surface area (Å²) in [6.45, 7) is 22.7. The van der Waals surface area contributed by atoms with Crippen LogP contribution in [0.1, 0.15) is 107 Å². The van der Waals surface area contributed by atoms with E-state index in [1.807, 2.05) is 54.5 Å². The molecule has 1 saturated heterocycles. The van der Waals surface area contributed by atoms with Crippen molar-refractivity contribution in [3.8, 4) is 11.1 Å².